The Kier molecular flexibility index (Phi) is 6.08. The number of ether oxygens (including phenoxy) is 2. The number of aromatic nitrogens is 3. The lowest BCUT2D eigenvalue weighted by molar-refractivity contribution is 0.0293. The van der Waals surface area contributed by atoms with Gasteiger partial charge in [-0.25, -0.2) is 19.7 Å². The summed E-state index contributed by atoms with van der Waals surface area (Å²) in [5, 5.41) is 3.56. The lowest BCUT2D eigenvalue weighted by Crippen LogP contribution is -2.37. The fourth-order valence-electron chi connectivity index (χ4n) is 4.18. The summed E-state index contributed by atoms with van der Waals surface area (Å²) in [6.07, 6.45) is 4.90. The zero-order chi connectivity index (χ0) is 22.9. The first-order chi connectivity index (χ1) is 15.2. The zero-order valence-electron chi connectivity index (χ0n) is 19.5. The van der Waals surface area contributed by atoms with Gasteiger partial charge in [-0.1, -0.05) is 0 Å². The first kappa shape index (κ1) is 22.1. The number of hydrogen-bond donors (Lipinski definition) is 1. The summed E-state index contributed by atoms with van der Waals surface area (Å²) in [7, 11) is 1.63. The number of pyridine rings is 1. The number of methoxy groups -OCH3 is 1. The predicted molar refractivity (Wildman–Crippen MR) is 122 cm³/mol. The van der Waals surface area contributed by atoms with Gasteiger partial charge in [-0.2, -0.15) is 0 Å². The quantitative estimate of drug-likeness (QED) is 0.775. The van der Waals surface area contributed by atoms with E-state index in [2.05, 4.69) is 31.2 Å². The number of rotatable bonds is 4. The van der Waals surface area contributed by atoms with Crippen LogP contribution in [0.5, 0.6) is 5.88 Å². The van der Waals surface area contributed by atoms with E-state index in [1.54, 1.807) is 18.3 Å². The van der Waals surface area contributed by atoms with Crippen molar-refractivity contribution < 1.29 is 14.3 Å². The summed E-state index contributed by atoms with van der Waals surface area (Å²) in [5.41, 5.74) is 3.74. The van der Waals surface area contributed by atoms with Gasteiger partial charge in [0, 0.05) is 49.8 Å². The van der Waals surface area contributed by atoms with Gasteiger partial charge in [0.15, 0.2) is 0 Å². The molecule has 1 atom stereocenters. The van der Waals surface area contributed by atoms with Crippen molar-refractivity contribution in [1.29, 1.82) is 0 Å². The van der Waals surface area contributed by atoms with Gasteiger partial charge in [0.05, 0.1) is 24.7 Å². The van der Waals surface area contributed by atoms with Crippen molar-refractivity contribution in [3.8, 4) is 5.88 Å². The lowest BCUT2D eigenvalue weighted by Gasteiger charge is -2.31. The summed E-state index contributed by atoms with van der Waals surface area (Å²) in [4.78, 5) is 29.9. The molecule has 1 fully saturated rings. The molecule has 2 aromatic rings. The number of anilines is 2. The van der Waals surface area contributed by atoms with Crippen molar-refractivity contribution in [3.05, 3.63) is 35.4 Å². The molecule has 9 nitrogen and oxygen atoms in total. The minimum Gasteiger partial charge on any atom is -0.481 e. The van der Waals surface area contributed by atoms with Crippen molar-refractivity contribution in [3.63, 3.8) is 0 Å². The summed E-state index contributed by atoms with van der Waals surface area (Å²) < 4.78 is 10.8. The van der Waals surface area contributed by atoms with Crippen LogP contribution in [0.25, 0.3) is 0 Å². The van der Waals surface area contributed by atoms with Crippen molar-refractivity contribution in [2.75, 3.05) is 37.0 Å². The molecule has 2 aliphatic heterocycles. The summed E-state index contributed by atoms with van der Waals surface area (Å²) in [6, 6.07) is 2.23. The number of hydrogen-bond acceptors (Lipinski definition) is 8. The molecule has 172 valence electrons. The van der Waals surface area contributed by atoms with Crippen molar-refractivity contribution >= 4 is 17.6 Å². The molecular weight excluding hydrogens is 408 g/mol. The Morgan fingerprint density at radius 2 is 2.03 bits per heavy atom. The SMILES string of the molecule is COc1ncc(N2CCc3ncnc(NC4CCN(C(=O)OC(C)(C)C)C4)c3C2)cc1C. The van der Waals surface area contributed by atoms with Gasteiger partial charge < -0.3 is 24.6 Å². The number of aryl methyl sites for hydroxylation is 1. The molecule has 32 heavy (non-hydrogen) atoms. The molecule has 0 bridgehead atoms. The summed E-state index contributed by atoms with van der Waals surface area (Å²) in [6.45, 7) is 10.5. The maximum Gasteiger partial charge on any atom is 0.410 e. The number of carbonyl (C=O) groups is 1. The third-order valence-electron chi connectivity index (χ3n) is 5.76. The molecule has 4 heterocycles. The standard InChI is InChI=1S/C23H32N6O3/c1-15-10-17(11-24-21(15)31-5)28-9-7-19-18(13-28)20(26-14-25-19)27-16-6-8-29(12-16)22(30)32-23(2,3)4/h10-11,14,16H,6-9,12-13H2,1-5H3,(H,25,26,27). The predicted octanol–water partition coefficient (Wildman–Crippen LogP) is 3.17. The molecule has 9 heteroatoms. The average Bonchev–Trinajstić information content (AvgIpc) is 3.21. The van der Waals surface area contributed by atoms with Crippen molar-refractivity contribution in [1.82, 2.24) is 19.9 Å². The Labute approximate surface area is 189 Å². The third-order valence-corrected chi connectivity index (χ3v) is 5.76. The smallest absolute Gasteiger partial charge is 0.410 e. The number of amides is 1. The number of carbonyl (C=O) groups excluding carboxylic acids is 1. The minimum atomic E-state index is -0.494. The topological polar surface area (TPSA) is 92.7 Å². The van der Waals surface area contributed by atoms with Crippen LogP contribution < -0.4 is 15.0 Å². The molecule has 1 unspecified atom stereocenters. The Hall–Kier alpha value is -3.10. The van der Waals surface area contributed by atoms with E-state index >= 15 is 0 Å². The fourth-order valence-corrected chi connectivity index (χ4v) is 4.18. The second-order valence-electron chi connectivity index (χ2n) is 9.40. The molecule has 1 N–H and O–H groups in total. The minimum absolute atomic E-state index is 0.127. The van der Waals surface area contributed by atoms with Crippen LogP contribution >= 0.6 is 0 Å². The number of likely N-dealkylation sites (tertiary alicyclic amines) is 1. The van der Waals surface area contributed by atoms with Gasteiger partial charge in [-0.05, 0) is 40.2 Å². The molecule has 2 aromatic heterocycles. The first-order valence-corrected chi connectivity index (χ1v) is 11.1. The maximum absolute atomic E-state index is 12.4. The lowest BCUT2D eigenvalue weighted by atomic mass is 10.0. The van der Waals surface area contributed by atoms with Gasteiger partial charge in [0.2, 0.25) is 5.88 Å². The number of fused-ring (bicyclic) bond motifs is 1. The van der Waals surface area contributed by atoms with Gasteiger partial charge in [0.1, 0.15) is 17.7 Å². The Morgan fingerprint density at radius 3 is 2.75 bits per heavy atom. The van der Waals surface area contributed by atoms with Crippen molar-refractivity contribution in [2.24, 2.45) is 0 Å². The molecule has 4 rings (SSSR count). The highest BCUT2D eigenvalue weighted by atomic mass is 16.6. The largest absolute Gasteiger partial charge is 0.481 e. The molecule has 0 aromatic carbocycles. The average molecular weight is 441 g/mol. The van der Waals surface area contributed by atoms with E-state index in [0.29, 0.717) is 25.5 Å². The highest BCUT2D eigenvalue weighted by Gasteiger charge is 2.31. The van der Waals surface area contributed by atoms with Crippen LogP contribution in [0, 0.1) is 6.92 Å². The van der Waals surface area contributed by atoms with E-state index in [-0.39, 0.29) is 12.1 Å². The normalized spacial score (nSPS) is 18.3. The molecule has 0 radical (unpaired) electrons. The van der Waals surface area contributed by atoms with Gasteiger partial charge in [-0.3, -0.25) is 0 Å². The van der Waals surface area contributed by atoms with Crippen LogP contribution in [0.1, 0.15) is 44.0 Å². The van der Waals surface area contributed by atoms with E-state index in [4.69, 9.17) is 9.47 Å². The Morgan fingerprint density at radius 1 is 1.22 bits per heavy atom. The van der Waals surface area contributed by atoms with Gasteiger partial charge in [0.25, 0.3) is 0 Å². The highest BCUT2D eigenvalue weighted by Crippen LogP contribution is 2.29. The van der Waals surface area contributed by atoms with Crippen LogP contribution in [0.4, 0.5) is 16.3 Å². The molecule has 0 spiro atoms. The van der Waals surface area contributed by atoms with E-state index in [1.165, 1.54) is 0 Å². The van der Waals surface area contributed by atoms with Crippen molar-refractivity contribution in [2.45, 2.75) is 58.7 Å². The molecule has 0 saturated carbocycles. The molecule has 1 amide bonds. The number of nitrogens with one attached hydrogen (secondary N) is 1. The summed E-state index contributed by atoms with van der Waals surface area (Å²) >= 11 is 0. The fraction of sp³-hybridized carbons (Fsp3) is 0.565. The summed E-state index contributed by atoms with van der Waals surface area (Å²) in [5.74, 6) is 1.49. The van der Waals surface area contributed by atoms with Gasteiger partial charge in [-0.15, -0.1) is 0 Å². The Bertz CT molecular complexity index is 990. The van der Waals surface area contributed by atoms with Crippen LogP contribution in [-0.2, 0) is 17.7 Å². The zero-order valence-corrected chi connectivity index (χ0v) is 19.5. The highest BCUT2D eigenvalue weighted by molar-refractivity contribution is 5.68. The van der Waals surface area contributed by atoms with E-state index in [9.17, 15) is 4.79 Å². The second-order valence-corrected chi connectivity index (χ2v) is 9.40. The third kappa shape index (κ3) is 4.87. The van der Waals surface area contributed by atoms with Crippen LogP contribution in [0.2, 0.25) is 0 Å². The molecular formula is C23H32N6O3. The monoisotopic (exact) mass is 440 g/mol. The van der Waals surface area contributed by atoms with E-state index in [0.717, 1.165) is 47.7 Å². The molecule has 0 aliphatic carbocycles. The van der Waals surface area contributed by atoms with E-state index < -0.39 is 5.60 Å². The Balaban J connectivity index is 1.46. The second kappa shape index (κ2) is 8.80. The van der Waals surface area contributed by atoms with Crippen LogP contribution in [-0.4, -0.2) is 64.3 Å². The van der Waals surface area contributed by atoms with Crippen LogP contribution in [0.3, 0.4) is 0 Å². The first-order valence-electron chi connectivity index (χ1n) is 11.1. The molecule has 2 aliphatic rings. The van der Waals surface area contributed by atoms with Crippen LogP contribution in [0.15, 0.2) is 18.6 Å². The molecule has 1 saturated heterocycles. The maximum atomic E-state index is 12.4. The van der Waals surface area contributed by atoms with E-state index in [1.807, 2.05) is 33.9 Å². The number of nitrogens with zero attached hydrogens (tertiary/aromatic N) is 5. The van der Waals surface area contributed by atoms with Gasteiger partial charge >= 0.3 is 6.09 Å².